The van der Waals surface area contributed by atoms with E-state index in [-0.39, 0.29) is 0 Å². The standard InChI is InChI=1S/C12H15.3C4H9.Sn/c1-11(2)7-6-10-12-8-4-3-5-9-12;3*1-3-4-2;/h3-5,7-9H,1,6,10H2,2H3;3*1,3-4H2,2H3;/b11-7-;;;;. The van der Waals surface area contributed by atoms with Gasteiger partial charge in [-0.15, -0.1) is 0 Å². The fourth-order valence-electron chi connectivity index (χ4n) is 4.09. The second-order valence-corrected chi connectivity index (χ2v) is 21.9. The van der Waals surface area contributed by atoms with E-state index in [1.54, 1.807) is 18.9 Å². The Morgan fingerprint density at radius 3 is 1.84 bits per heavy atom. The van der Waals surface area contributed by atoms with E-state index < -0.39 is 18.4 Å². The summed E-state index contributed by atoms with van der Waals surface area (Å²) in [5, 5.41) is 0. The van der Waals surface area contributed by atoms with E-state index in [1.165, 1.54) is 61.4 Å². The summed E-state index contributed by atoms with van der Waals surface area (Å²) >= 11 is -1.98. The van der Waals surface area contributed by atoms with Crippen molar-refractivity contribution in [3.63, 3.8) is 0 Å². The molecular formula is C24H42Sn. The molecular weight excluding hydrogens is 407 g/mol. The monoisotopic (exact) mass is 450 g/mol. The molecule has 1 aromatic rings. The predicted molar refractivity (Wildman–Crippen MR) is 118 cm³/mol. The van der Waals surface area contributed by atoms with Gasteiger partial charge in [0.25, 0.3) is 0 Å². The summed E-state index contributed by atoms with van der Waals surface area (Å²) in [7, 11) is 0. The third-order valence-corrected chi connectivity index (χ3v) is 21.4. The number of allylic oxidation sites excluding steroid dienone is 2. The summed E-state index contributed by atoms with van der Waals surface area (Å²) in [6, 6.07) is 11.0. The normalized spacial score (nSPS) is 12.6. The van der Waals surface area contributed by atoms with Crippen molar-refractivity contribution in [1.82, 2.24) is 0 Å². The number of hydrogen-bond acceptors (Lipinski definition) is 0. The minimum absolute atomic E-state index is 1.19. The van der Waals surface area contributed by atoms with E-state index in [9.17, 15) is 0 Å². The Bertz CT molecular complexity index is 438. The van der Waals surface area contributed by atoms with Crippen molar-refractivity contribution in [1.29, 1.82) is 0 Å². The molecule has 0 amide bonds. The molecule has 1 aromatic carbocycles. The molecule has 25 heavy (non-hydrogen) atoms. The molecule has 0 N–H and O–H groups in total. The van der Waals surface area contributed by atoms with E-state index in [0.29, 0.717) is 0 Å². The molecule has 0 saturated heterocycles. The van der Waals surface area contributed by atoms with E-state index in [2.05, 4.69) is 64.1 Å². The molecule has 0 aromatic heterocycles. The molecule has 0 aliphatic carbocycles. The first-order chi connectivity index (χ1) is 12.2. The maximum atomic E-state index is 2.57. The zero-order valence-electron chi connectivity index (χ0n) is 17.4. The quantitative estimate of drug-likeness (QED) is 0.198. The van der Waals surface area contributed by atoms with Crippen LogP contribution in [-0.4, -0.2) is 18.4 Å². The summed E-state index contributed by atoms with van der Waals surface area (Å²) in [6.45, 7) is 9.55. The van der Waals surface area contributed by atoms with Crippen molar-refractivity contribution < 1.29 is 0 Å². The summed E-state index contributed by atoms with van der Waals surface area (Å²) in [6.07, 6.45) is 13.6. The summed E-state index contributed by atoms with van der Waals surface area (Å²) in [4.78, 5) is 0. The predicted octanol–water partition coefficient (Wildman–Crippen LogP) is 8.41. The van der Waals surface area contributed by atoms with Crippen LogP contribution in [0.1, 0.15) is 78.2 Å². The van der Waals surface area contributed by atoms with Gasteiger partial charge in [0.2, 0.25) is 0 Å². The first-order valence-corrected chi connectivity index (χ1v) is 18.9. The number of unbranched alkanes of at least 4 members (excludes halogenated alkanes) is 3. The van der Waals surface area contributed by atoms with Gasteiger partial charge in [0.1, 0.15) is 0 Å². The van der Waals surface area contributed by atoms with Crippen LogP contribution in [0.3, 0.4) is 0 Å². The van der Waals surface area contributed by atoms with Gasteiger partial charge in [0, 0.05) is 0 Å². The van der Waals surface area contributed by atoms with Crippen LogP contribution in [0, 0.1) is 0 Å². The summed E-state index contributed by atoms with van der Waals surface area (Å²) in [5.41, 5.74) is 3.19. The fraction of sp³-hybridized carbons (Fsp3) is 0.667. The van der Waals surface area contributed by atoms with Crippen LogP contribution in [0.5, 0.6) is 0 Å². The molecule has 0 unspecified atom stereocenters. The van der Waals surface area contributed by atoms with Gasteiger partial charge < -0.3 is 0 Å². The van der Waals surface area contributed by atoms with Crippen LogP contribution in [0.2, 0.25) is 17.7 Å². The molecule has 0 aliphatic heterocycles. The first-order valence-electron chi connectivity index (χ1n) is 10.9. The summed E-state index contributed by atoms with van der Waals surface area (Å²) in [5.74, 6) is 0. The van der Waals surface area contributed by atoms with E-state index >= 15 is 0 Å². The van der Waals surface area contributed by atoms with E-state index in [1.807, 2.05) is 0 Å². The number of rotatable bonds is 14. The third-order valence-electron chi connectivity index (χ3n) is 5.60. The minimum atomic E-state index is -1.98. The molecule has 0 aliphatic rings. The van der Waals surface area contributed by atoms with Crippen molar-refractivity contribution >= 4 is 18.4 Å². The van der Waals surface area contributed by atoms with Gasteiger partial charge in [-0.05, 0) is 0 Å². The summed E-state index contributed by atoms with van der Waals surface area (Å²) < 4.78 is 6.43. The zero-order valence-corrected chi connectivity index (χ0v) is 20.3. The van der Waals surface area contributed by atoms with Gasteiger partial charge >= 0.3 is 163 Å². The second-order valence-electron chi connectivity index (χ2n) is 8.06. The SMILES string of the molecule is CCC[CH2][Sn]([CH2]CCC)([CH2]CCC)[CH2]/C(C)=C/CCc1ccccc1. The molecule has 0 bridgehead atoms. The Labute approximate surface area is 162 Å². The van der Waals surface area contributed by atoms with Crippen molar-refractivity contribution in [2.75, 3.05) is 0 Å². The average molecular weight is 449 g/mol. The Balaban J connectivity index is 2.68. The Kier molecular flexibility index (Phi) is 12.7. The van der Waals surface area contributed by atoms with Crippen molar-refractivity contribution in [3.05, 3.63) is 47.5 Å². The van der Waals surface area contributed by atoms with Crippen LogP contribution in [0.25, 0.3) is 0 Å². The van der Waals surface area contributed by atoms with Crippen molar-refractivity contribution in [2.45, 2.75) is 96.8 Å². The second kappa shape index (κ2) is 13.9. The van der Waals surface area contributed by atoms with Gasteiger partial charge in [-0.1, -0.05) is 0 Å². The third kappa shape index (κ3) is 9.87. The Morgan fingerprint density at radius 1 is 0.840 bits per heavy atom. The van der Waals surface area contributed by atoms with Crippen LogP contribution in [-0.2, 0) is 6.42 Å². The Morgan fingerprint density at radius 2 is 1.36 bits per heavy atom. The van der Waals surface area contributed by atoms with Gasteiger partial charge in [0.05, 0.1) is 0 Å². The van der Waals surface area contributed by atoms with Crippen molar-refractivity contribution in [2.24, 2.45) is 0 Å². The van der Waals surface area contributed by atoms with Crippen LogP contribution < -0.4 is 0 Å². The van der Waals surface area contributed by atoms with E-state index in [4.69, 9.17) is 0 Å². The fourth-order valence-corrected chi connectivity index (χ4v) is 21.0. The molecule has 1 rings (SSSR count). The van der Waals surface area contributed by atoms with Gasteiger partial charge in [-0.3, -0.25) is 0 Å². The van der Waals surface area contributed by atoms with Crippen LogP contribution >= 0.6 is 0 Å². The van der Waals surface area contributed by atoms with Crippen LogP contribution in [0.4, 0.5) is 0 Å². The zero-order chi connectivity index (χ0) is 18.4. The molecule has 0 radical (unpaired) electrons. The van der Waals surface area contributed by atoms with Gasteiger partial charge in [-0.25, -0.2) is 0 Å². The van der Waals surface area contributed by atoms with Crippen LogP contribution in [0.15, 0.2) is 42.0 Å². The maximum absolute atomic E-state index is 2.57. The van der Waals surface area contributed by atoms with E-state index in [0.717, 1.165) is 0 Å². The topological polar surface area (TPSA) is 0 Å². The molecule has 142 valence electrons. The number of benzene rings is 1. The Hall–Kier alpha value is -0.241. The molecule has 0 saturated carbocycles. The molecule has 0 heterocycles. The van der Waals surface area contributed by atoms with Gasteiger partial charge in [-0.2, -0.15) is 0 Å². The molecule has 0 fully saturated rings. The molecule has 0 nitrogen and oxygen atoms in total. The first kappa shape index (κ1) is 22.8. The number of hydrogen-bond donors (Lipinski definition) is 0. The molecule has 0 spiro atoms. The number of aryl methyl sites for hydroxylation is 1. The van der Waals surface area contributed by atoms with Crippen molar-refractivity contribution in [3.8, 4) is 0 Å². The van der Waals surface area contributed by atoms with Gasteiger partial charge in [0.15, 0.2) is 0 Å². The molecule has 1 heteroatoms. The molecule has 0 atom stereocenters. The average Bonchev–Trinajstić information content (AvgIpc) is 2.63.